The summed E-state index contributed by atoms with van der Waals surface area (Å²) in [6.45, 7) is 0.657. The predicted octanol–water partition coefficient (Wildman–Crippen LogP) is 3.18. The molecular formula is C20H19BrN4O2. The average molecular weight is 427 g/mol. The number of hydrogen-bond donors (Lipinski definition) is 1. The highest BCUT2D eigenvalue weighted by atomic mass is 79.9. The fourth-order valence-corrected chi connectivity index (χ4v) is 4.03. The van der Waals surface area contributed by atoms with Crippen LogP contribution in [0.3, 0.4) is 0 Å². The normalized spacial score (nSPS) is 16.5. The standard InChI is InChI=1S/C20H19BrN4O2/c21-17-18-22-8-7-16(25(18)24-20(17)27-11-12-5-6-12)19(26)23-15-9-13-3-1-2-4-14(13)10-15/h1-4,7-8,12,15H,5-6,9-11H2,(H,23,26). The van der Waals surface area contributed by atoms with Crippen molar-refractivity contribution in [2.45, 2.75) is 31.7 Å². The lowest BCUT2D eigenvalue weighted by molar-refractivity contribution is 0.0930. The summed E-state index contributed by atoms with van der Waals surface area (Å²) < 4.78 is 8.05. The molecule has 7 heteroatoms. The Morgan fingerprint density at radius 2 is 1.96 bits per heavy atom. The Labute approximate surface area is 165 Å². The summed E-state index contributed by atoms with van der Waals surface area (Å²) in [5.74, 6) is 0.966. The molecule has 0 saturated heterocycles. The topological polar surface area (TPSA) is 68.5 Å². The maximum absolute atomic E-state index is 12.9. The third-order valence-electron chi connectivity index (χ3n) is 5.20. The first-order chi connectivity index (χ1) is 13.2. The number of halogens is 1. The number of carbonyl (C=O) groups excluding carboxylic acids is 1. The number of fused-ring (bicyclic) bond motifs is 2. The number of ether oxygens (including phenoxy) is 1. The summed E-state index contributed by atoms with van der Waals surface area (Å²) in [5, 5.41) is 7.61. The number of amides is 1. The molecule has 1 fully saturated rings. The Morgan fingerprint density at radius 3 is 2.67 bits per heavy atom. The van der Waals surface area contributed by atoms with Crippen LogP contribution in [0.25, 0.3) is 5.65 Å². The van der Waals surface area contributed by atoms with Gasteiger partial charge in [-0.25, -0.2) is 9.50 Å². The molecule has 0 unspecified atom stereocenters. The predicted molar refractivity (Wildman–Crippen MR) is 104 cm³/mol. The molecule has 1 aromatic carbocycles. The van der Waals surface area contributed by atoms with Gasteiger partial charge in [-0.3, -0.25) is 4.79 Å². The molecule has 5 rings (SSSR count). The Morgan fingerprint density at radius 1 is 1.22 bits per heavy atom. The van der Waals surface area contributed by atoms with Gasteiger partial charge >= 0.3 is 0 Å². The fraction of sp³-hybridized carbons (Fsp3) is 0.350. The van der Waals surface area contributed by atoms with Crippen molar-refractivity contribution in [3.05, 3.63) is 57.8 Å². The molecule has 3 aromatic rings. The van der Waals surface area contributed by atoms with Crippen LogP contribution in [0.15, 0.2) is 41.0 Å². The zero-order chi connectivity index (χ0) is 18.4. The average Bonchev–Trinajstić information content (AvgIpc) is 3.33. The van der Waals surface area contributed by atoms with Gasteiger partial charge in [0.15, 0.2) is 5.65 Å². The second-order valence-corrected chi connectivity index (χ2v) is 8.08. The van der Waals surface area contributed by atoms with Crippen LogP contribution in [0, 0.1) is 5.92 Å². The van der Waals surface area contributed by atoms with Gasteiger partial charge in [0.25, 0.3) is 5.91 Å². The lowest BCUT2D eigenvalue weighted by Gasteiger charge is -2.12. The van der Waals surface area contributed by atoms with E-state index in [1.165, 1.54) is 24.0 Å². The highest BCUT2D eigenvalue weighted by Crippen LogP contribution is 2.33. The van der Waals surface area contributed by atoms with Gasteiger partial charge in [0, 0.05) is 12.2 Å². The van der Waals surface area contributed by atoms with E-state index in [1.807, 2.05) is 12.1 Å². The quantitative estimate of drug-likeness (QED) is 0.679. The molecule has 1 saturated carbocycles. The van der Waals surface area contributed by atoms with E-state index < -0.39 is 0 Å². The second-order valence-electron chi connectivity index (χ2n) is 7.29. The van der Waals surface area contributed by atoms with E-state index in [0.717, 1.165) is 12.8 Å². The summed E-state index contributed by atoms with van der Waals surface area (Å²) in [4.78, 5) is 17.3. The number of hydrogen-bond acceptors (Lipinski definition) is 4. The van der Waals surface area contributed by atoms with E-state index >= 15 is 0 Å². The summed E-state index contributed by atoms with van der Waals surface area (Å²) in [7, 11) is 0. The number of benzene rings is 1. The van der Waals surface area contributed by atoms with Crippen molar-refractivity contribution >= 4 is 27.5 Å². The van der Waals surface area contributed by atoms with Crippen LogP contribution >= 0.6 is 15.9 Å². The van der Waals surface area contributed by atoms with Gasteiger partial charge in [0.05, 0.1) is 6.61 Å². The molecule has 2 heterocycles. The first kappa shape index (κ1) is 16.7. The molecule has 0 atom stereocenters. The lowest BCUT2D eigenvalue weighted by Crippen LogP contribution is -2.36. The van der Waals surface area contributed by atoms with Crippen LogP contribution in [-0.2, 0) is 12.8 Å². The van der Waals surface area contributed by atoms with E-state index in [1.54, 1.807) is 16.8 Å². The summed E-state index contributed by atoms with van der Waals surface area (Å²) in [6, 6.07) is 10.1. The Hall–Kier alpha value is -2.41. The van der Waals surface area contributed by atoms with Gasteiger partial charge in [-0.05, 0) is 64.7 Å². The maximum Gasteiger partial charge on any atom is 0.270 e. The molecule has 6 nitrogen and oxygen atoms in total. The molecule has 0 spiro atoms. The summed E-state index contributed by atoms with van der Waals surface area (Å²) >= 11 is 3.51. The molecular weight excluding hydrogens is 408 g/mol. The van der Waals surface area contributed by atoms with Crippen molar-refractivity contribution in [1.82, 2.24) is 19.9 Å². The van der Waals surface area contributed by atoms with Crippen molar-refractivity contribution in [3.8, 4) is 5.88 Å². The summed E-state index contributed by atoms with van der Waals surface area (Å²) in [5.41, 5.74) is 3.65. The Balaban J connectivity index is 1.37. The minimum Gasteiger partial charge on any atom is -0.475 e. The van der Waals surface area contributed by atoms with Gasteiger partial charge in [0.2, 0.25) is 5.88 Å². The van der Waals surface area contributed by atoms with Crippen molar-refractivity contribution in [1.29, 1.82) is 0 Å². The monoisotopic (exact) mass is 426 g/mol. The third kappa shape index (κ3) is 3.20. The zero-order valence-corrected chi connectivity index (χ0v) is 16.3. The van der Waals surface area contributed by atoms with Gasteiger partial charge in [-0.2, -0.15) is 0 Å². The molecule has 2 aromatic heterocycles. The molecule has 1 N–H and O–H groups in total. The van der Waals surface area contributed by atoms with Gasteiger partial charge in [-0.1, -0.05) is 24.3 Å². The number of aromatic nitrogens is 3. The van der Waals surface area contributed by atoms with Crippen LogP contribution in [0.4, 0.5) is 0 Å². The second kappa shape index (κ2) is 6.64. The molecule has 2 aliphatic rings. The molecule has 0 radical (unpaired) electrons. The fourth-order valence-electron chi connectivity index (χ4n) is 3.56. The first-order valence-corrected chi connectivity index (χ1v) is 10.0. The van der Waals surface area contributed by atoms with Crippen molar-refractivity contribution in [2.24, 2.45) is 5.92 Å². The van der Waals surface area contributed by atoms with Gasteiger partial charge in [-0.15, -0.1) is 5.10 Å². The SMILES string of the molecule is O=C(NC1Cc2ccccc2C1)c1ccnc2c(Br)c(OCC3CC3)nn12. The van der Waals surface area contributed by atoms with E-state index in [-0.39, 0.29) is 11.9 Å². The maximum atomic E-state index is 12.9. The number of nitrogens with one attached hydrogen (secondary N) is 1. The van der Waals surface area contributed by atoms with Crippen LogP contribution in [-0.4, -0.2) is 33.2 Å². The van der Waals surface area contributed by atoms with Crippen molar-refractivity contribution in [2.75, 3.05) is 6.61 Å². The van der Waals surface area contributed by atoms with Gasteiger partial charge < -0.3 is 10.1 Å². The smallest absolute Gasteiger partial charge is 0.270 e. The highest BCUT2D eigenvalue weighted by molar-refractivity contribution is 9.10. The molecule has 138 valence electrons. The minimum absolute atomic E-state index is 0.0997. The van der Waals surface area contributed by atoms with Crippen LogP contribution in [0.2, 0.25) is 0 Å². The van der Waals surface area contributed by atoms with E-state index in [9.17, 15) is 4.79 Å². The Kier molecular flexibility index (Phi) is 4.11. The van der Waals surface area contributed by atoms with E-state index in [4.69, 9.17) is 4.74 Å². The van der Waals surface area contributed by atoms with E-state index in [0.29, 0.717) is 34.2 Å². The zero-order valence-electron chi connectivity index (χ0n) is 14.7. The van der Waals surface area contributed by atoms with Crippen molar-refractivity contribution < 1.29 is 9.53 Å². The molecule has 27 heavy (non-hydrogen) atoms. The number of rotatable bonds is 5. The number of carbonyl (C=O) groups is 1. The Bertz CT molecular complexity index is 1000. The summed E-state index contributed by atoms with van der Waals surface area (Å²) in [6.07, 6.45) is 5.76. The first-order valence-electron chi connectivity index (χ1n) is 9.22. The third-order valence-corrected chi connectivity index (χ3v) is 5.90. The minimum atomic E-state index is -0.149. The van der Waals surface area contributed by atoms with E-state index in [2.05, 4.69) is 43.5 Å². The van der Waals surface area contributed by atoms with Crippen molar-refractivity contribution in [3.63, 3.8) is 0 Å². The highest BCUT2D eigenvalue weighted by Gasteiger charge is 2.26. The lowest BCUT2D eigenvalue weighted by atomic mass is 10.1. The number of nitrogens with zero attached hydrogens (tertiary/aromatic N) is 3. The van der Waals surface area contributed by atoms with Crippen LogP contribution < -0.4 is 10.1 Å². The van der Waals surface area contributed by atoms with Crippen LogP contribution in [0.5, 0.6) is 5.88 Å². The largest absolute Gasteiger partial charge is 0.475 e. The molecule has 1 amide bonds. The molecule has 0 bridgehead atoms. The molecule has 0 aliphatic heterocycles. The molecule has 2 aliphatic carbocycles. The van der Waals surface area contributed by atoms with Crippen LogP contribution in [0.1, 0.15) is 34.5 Å². The van der Waals surface area contributed by atoms with Gasteiger partial charge in [0.1, 0.15) is 10.2 Å².